The lowest BCUT2D eigenvalue weighted by Gasteiger charge is -2.28. The number of rotatable bonds is 4. The van der Waals surface area contributed by atoms with E-state index in [1.807, 2.05) is 24.3 Å². The summed E-state index contributed by atoms with van der Waals surface area (Å²) in [5, 5.41) is 2.89. The van der Waals surface area contributed by atoms with Gasteiger partial charge in [-0.2, -0.15) is 4.31 Å². The van der Waals surface area contributed by atoms with Gasteiger partial charge in [-0.25, -0.2) is 8.42 Å². The molecule has 0 fully saturated rings. The minimum Gasteiger partial charge on any atom is -0.454 e. The van der Waals surface area contributed by atoms with Gasteiger partial charge in [-0.3, -0.25) is 4.79 Å². The van der Waals surface area contributed by atoms with Crippen LogP contribution < -0.4 is 14.8 Å². The van der Waals surface area contributed by atoms with Gasteiger partial charge < -0.3 is 14.8 Å². The van der Waals surface area contributed by atoms with Gasteiger partial charge >= 0.3 is 0 Å². The van der Waals surface area contributed by atoms with Crippen molar-refractivity contribution in [1.82, 2.24) is 4.31 Å². The van der Waals surface area contributed by atoms with Crippen molar-refractivity contribution in [3.8, 4) is 11.5 Å². The molecule has 2 aliphatic rings. The van der Waals surface area contributed by atoms with Crippen LogP contribution in [0.15, 0.2) is 65.6 Å². The predicted octanol–water partition coefficient (Wildman–Crippen LogP) is 4.07. The molecule has 0 saturated heterocycles. The first-order chi connectivity index (χ1) is 15.4. The lowest BCUT2D eigenvalue weighted by atomic mass is 10.0. The molecule has 3 aromatic rings. The monoisotopic (exact) mass is 470 g/mol. The fourth-order valence-electron chi connectivity index (χ4n) is 3.84. The Morgan fingerprint density at radius 1 is 0.969 bits per heavy atom. The molecule has 0 atom stereocenters. The number of nitrogens with one attached hydrogen (secondary N) is 1. The molecule has 9 heteroatoms. The summed E-state index contributed by atoms with van der Waals surface area (Å²) in [6, 6.07) is 17.0. The van der Waals surface area contributed by atoms with Crippen LogP contribution in [0.4, 0.5) is 5.69 Å². The molecule has 0 unspecified atom stereocenters. The lowest BCUT2D eigenvalue weighted by molar-refractivity contribution is 0.102. The van der Waals surface area contributed by atoms with Gasteiger partial charge in [0.15, 0.2) is 11.5 Å². The maximum Gasteiger partial charge on any atom is 0.257 e. The molecule has 0 spiro atoms. The highest BCUT2D eigenvalue weighted by atomic mass is 35.5. The van der Waals surface area contributed by atoms with Crippen molar-refractivity contribution in [3.63, 3.8) is 0 Å². The van der Waals surface area contributed by atoms with Gasteiger partial charge in [0.25, 0.3) is 5.91 Å². The minimum atomic E-state index is -3.80. The van der Waals surface area contributed by atoms with Crippen molar-refractivity contribution in [2.75, 3.05) is 18.7 Å². The number of halogens is 1. The fourth-order valence-corrected chi connectivity index (χ4v) is 5.48. The standard InChI is InChI=1S/C23H19ClN2O5S/c24-20-7-6-18(32(28,29)26-10-9-15-3-1-2-4-16(15)13-26)12-19(20)23(27)25-17-5-8-21-22(11-17)31-14-30-21/h1-8,11-12H,9-10,13-14H2,(H,25,27). The van der Waals surface area contributed by atoms with E-state index in [1.165, 1.54) is 22.5 Å². The zero-order chi connectivity index (χ0) is 22.3. The first-order valence-electron chi connectivity index (χ1n) is 9.99. The van der Waals surface area contributed by atoms with Gasteiger partial charge in [0, 0.05) is 24.8 Å². The van der Waals surface area contributed by atoms with Crippen molar-refractivity contribution < 1.29 is 22.7 Å². The number of sulfonamides is 1. The maximum atomic E-state index is 13.3. The Morgan fingerprint density at radius 3 is 2.59 bits per heavy atom. The van der Waals surface area contributed by atoms with Crippen molar-refractivity contribution in [1.29, 1.82) is 0 Å². The number of amides is 1. The Hall–Kier alpha value is -3.07. The van der Waals surface area contributed by atoms with E-state index in [0.29, 0.717) is 36.7 Å². The molecule has 0 aliphatic carbocycles. The minimum absolute atomic E-state index is 0.0251. The first-order valence-corrected chi connectivity index (χ1v) is 11.8. The van der Waals surface area contributed by atoms with Crippen LogP contribution in [0.5, 0.6) is 11.5 Å². The molecule has 1 amide bonds. The molecule has 0 aromatic heterocycles. The zero-order valence-corrected chi connectivity index (χ0v) is 18.4. The SMILES string of the molecule is O=C(Nc1ccc2c(c1)OCO2)c1cc(S(=O)(=O)N2CCc3ccccc3C2)ccc1Cl. The second-order valence-corrected chi connectivity index (χ2v) is 9.87. The highest BCUT2D eigenvalue weighted by Crippen LogP contribution is 2.34. The number of anilines is 1. The van der Waals surface area contributed by atoms with E-state index in [4.69, 9.17) is 21.1 Å². The van der Waals surface area contributed by atoms with Gasteiger partial charge in [-0.05, 0) is 47.9 Å². The van der Waals surface area contributed by atoms with Crippen molar-refractivity contribution in [3.05, 3.63) is 82.4 Å². The molecule has 0 bridgehead atoms. The molecule has 5 rings (SSSR count). The van der Waals surface area contributed by atoms with E-state index in [9.17, 15) is 13.2 Å². The second kappa shape index (κ2) is 8.12. The summed E-state index contributed by atoms with van der Waals surface area (Å²) in [7, 11) is -3.80. The Balaban J connectivity index is 1.40. The van der Waals surface area contributed by atoms with E-state index in [0.717, 1.165) is 11.1 Å². The summed E-state index contributed by atoms with van der Waals surface area (Å²) in [4.78, 5) is 12.9. The number of hydrogen-bond acceptors (Lipinski definition) is 5. The normalized spacial score (nSPS) is 15.3. The van der Waals surface area contributed by atoms with Crippen LogP contribution in [0.3, 0.4) is 0 Å². The summed E-state index contributed by atoms with van der Waals surface area (Å²) >= 11 is 6.24. The number of fused-ring (bicyclic) bond motifs is 2. The molecule has 0 saturated carbocycles. The third-order valence-electron chi connectivity index (χ3n) is 5.55. The molecule has 7 nitrogen and oxygen atoms in total. The number of benzene rings is 3. The third kappa shape index (κ3) is 3.81. The van der Waals surface area contributed by atoms with Crippen molar-refractivity contribution in [2.45, 2.75) is 17.9 Å². The second-order valence-electron chi connectivity index (χ2n) is 7.52. The number of carbonyl (C=O) groups excluding carboxylic acids is 1. The van der Waals surface area contributed by atoms with E-state index < -0.39 is 15.9 Å². The first kappa shape index (κ1) is 20.8. The van der Waals surface area contributed by atoms with Crippen LogP contribution in [0.25, 0.3) is 0 Å². The van der Waals surface area contributed by atoms with Gasteiger partial charge in [-0.1, -0.05) is 35.9 Å². The Bertz CT molecular complexity index is 1330. The predicted molar refractivity (Wildman–Crippen MR) is 120 cm³/mol. The quantitative estimate of drug-likeness (QED) is 0.621. The topological polar surface area (TPSA) is 84.9 Å². The average Bonchev–Trinajstić information content (AvgIpc) is 3.26. The number of hydrogen-bond donors (Lipinski definition) is 1. The molecule has 0 radical (unpaired) electrons. The molecule has 2 heterocycles. The number of ether oxygens (including phenoxy) is 2. The van der Waals surface area contributed by atoms with E-state index in [1.54, 1.807) is 18.2 Å². The van der Waals surface area contributed by atoms with Crippen molar-refractivity contribution >= 4 is 33.2 Å². The molecule has 164 valence electrons. The molecule has 2 aliphatic heterocycles. The van der Waals surface area contributed by atoms with Gasteiger partial charge in [-0.15, -0.1) is 0 Å². The molecular formula is C23H19ClN2O5S. The van der Waals surface area contributed by atoms with Crippen LogP contribution in [-0.4, -0.2) is 32.0 Å². The summed E-state index contributed by atoms with van der Waals surface area (Å²) in [5.41, 5.74) is 2.69. The fraction of sp³-hybridized carbons (Fsp3) is 0.174. The highest BCUT2D eigenvalue weighted by Gasteiger charge is 2.29. The van der Waals surface area contributed by atoms with E-state index >= 15 is 0 Å². The van der Waals surface area contributed by atoms with Crippen LogP contribution in [-0.2, 0) is 23.0 Å². The van der Waals surface area contributed by atoms with E-state index in [-0.39, 0.29) is 22.3 Å². The molecule has 3 aromatic carbocycles. The smallest absolute Gasteiger partial charge is 0.257 e. The van der Waals surface area contributed by atoms with Gasteiger partial charge in [0.2, 0.25) is 16.8 Å². The molecule has 32 heavy (non-hydrogen) atoms. The van der Waals surface area contributed by atoms with Gasteiger partial charge in [0.1, 0.15) is 0 Å². The Morgan fingerprint density at radius 2 is 1.75 bits per heavy atom. The summed E-state index contributed by atoms with van der Waals surface area (Å²) in [5.74, 6) is 0.600. The maximum absolute atomic E-state index is 13.3. The van der Waals surface area contributed by atoms with Crippen LogP contribution in [0.1, 0.15) is 21.5 Å². The number of carbonyl (C=O) groups is 1. The average molecular weight is 471 g/mol. The Kier molecular flexibility index (Phi) is 5.28. The van der Waals surface area contributed by atoms with Crippen LogP contribution in [0, 0.1) is 0 Å². The number of nitrogens with zero attached hydrogens (tertiary/aromatic N) is 1. The zero-order valence-electron chi connectivity index (χ0n) is 16.9. The molecular weight excluding hydrogens is 452 g/mol. The largest absolute Gasteiger partial charge is 0.454 e. The lowest BCUT2D eigenvalue weighted by Crippen LogP contribution is -2.36. The van der Waals surface area contributed by atoms with Crippen molar-refractivity contribution in [2.24, 2.45) is 0 Å². The van der Waals surface area contributed by atoms with Crippen LogP contribution in [0.2, 0.25) is 5.02 Å². The van der Waals surface area contributed by atoms with Gasteiger partial charge in [0.05, 0.1) is 15.5 Å². The molecule has 1 N–H and O–H groups in total. The van der Waals surface area contributed by atoms with Crippen LogP contribution >= 0.6 is 11.6 Å². The Labute approximate surface area is 190 Å². The highest BCUT2D eigenvalue weighted by molar-refractivity contribution is 7.89. The summed E-state index contributed by atoms with van der Waals surface area (Å²) in [6.07, 6.45) is 0.639. The summed E-state index contributed by atoms with van der Waals surface area (Å²) in [6.45, 7) is 0.792. The summed E-state index contributed by atoms with van der Waals surface area (Å²) < 4.78 is 38.6. The third-order valence-corrected chi connectivity index (χ3v) is 7.72. The van der Waals surface area contributed by atoms with E-state index in [2.05, 4.69) is 5.32 Å².